The Morgan fingerprint density at radius 1 is 1.11 bits per heavy atom. The molecule has 0 unspecified atom stereocenters. The van der Waals surface area contributed by atoms with Crippen LogP contribution in [0.5, 0.6) is 0 Å². The fourth-order valence-corrected chi connectivity index (χ4v) is 3.38. The number of likely N-dealkylation sites (N-methyl/N-ethyl adjacent to an activating group) is 1. The van der Waals surface area contributed by atoms with E-state index in [1.54, 1.807) is 0 Å². The van der Waals surface area contributed by atoms with Gasteiger partial charge in [0.25, 0.3) is 5.91 Å². The zero-order chi connectivity index (χ0) is 19.2. The Hall–Kier alpha value is -2.66. The molecule has 0 aromatic heterocycles. The molecule has 0 saturated carbocycles. The third-order valence-corrected chi connectivity index (χ3v) is 4.82. The van der Waals surface area contributed by atoms with Crippen LogP contribution in [0.4, 0.5) is 0 Å². The molecule has 27 heavy (non-hydrogen) atoms. The molecule has 1 heterocycles. The molecule has 0 spiro atoms. The Balaban J connectivity index is 1.66. The normalized spacial score (nSPS) is 15.2. The summed E-state index contributed by atoms with van der Waals surface area (Å²) in [5.74, 6) is 0.126. The van der Waals surface area contributed by atoms with Gasteiger partial charge in [-0.2, -0.15) is 0 Å². The molecule has 1 saturated heterocycles. The Kier molecular flexibility index (Phi) is 6.24. The first-order valence-corrected chi connectivity index (χ1v) is 9.40. The van der Waals surface area contributed by atoms with Crippen LogP contribution in [0.1, 0.15) is 40.4 Å². The third-order valence-electron chi connectivity index (χ3n) is 4.82. The van der Waals surface area contributed by atoms with Gasteiger partial charge in [0.1, 0.15) is 0 Å². The fourth-order valence-electron chi connectivity index (χ4n) is 3.38. The summed E-state index contributed by atoms with van der Waals surface area (Å²) in [5, 5.41) is 3.14. The van der Waals surface area contributed by atoms with E-state index in [-0.39, 0.29) is 17.9 Å². The average Bonchev–Trinajstić information content (AvgIpc) is 3.07. The SMILES string of the molecule is CN(C)C[C@@H](NC(=O)c1ccc(CN2CCCC2=O)cc1)c1ccccc1. The molecule has 3 rings (SSSR count). The molecule has 142 valence electrons. The van der Waals surface area contributed by atoms with Crippen LogP contribution >= 0.6 is 0 Å². The quantitative estimate of drug-likeness (QED) is 0.821. The number of hydrogen-bond donors (Lipinski definition) is 1. The summed E-state index contributed by atoms with van der Waals surface area (Å²) in [5.41, 5.74) is 2.77. The molecule has 2 aromatic carbocycles. The van der Waals surface area contributed by atoms with E-state index in [0.717, 1.165) is 30.6 Å². The van der Waals surface area contributed by atoms with E-state index in [4.69, 9.17) is 0 Å². The van der Waals surface area contributed by atoms with Crippen molar-refractivity contribution < 1.29 is 9.59 Å². The van der Waals surface area contributed by atoms with Gasteiger partial charge in [0, 0.05) is 31.6 Å². The van der Waals surface area contributed by atoms with Crippen molar-refractivity contribution in [1.29, 1.82) is 0 Å². The summed E-state index contributed by atoms with van der Waals surface area (Å²) in [6.07, 6.45) is 1.58. The predicted molar refractivity (Wildman–Crippen MR) is 106 cm³/mol. The number of nitrogens with zero attached hydrogens (tertiary/aromatic N) is 2. The van der Waals surface area contributed by atoms with Crippen molar-refractivity contribution in [2.75, 3.05) is 27.2 Å². The second-order valence-electron chi connectivity index (χ2n) is 7.31. The molecule has 0 radical (unpaired) electrons. The summed E-state index contributed by atoms with van der Waals surface area (Å²) < 4.78 is 0. The number of benzene rings is 2. The molecular weight excluding hydrogens is 338 g/mol. The predicted octanol–water partition coefficient (Wildman–Crippen LogP) is 2.84. The zero-order valence-electron chi connectivity index (χ0n) is 16.0. The van der Waals surface area contributed by atoms with Crippen molar-refractivity contribution in [3.63, 3.8) is 0 Å². The van der Waals surface area contributed by atoms with Crippen LogP contribution in [0.25, 0.3) is 0 Å². The number of carbonyl (C=O) groups is 2. The highest BCUT2D eigenvalue weighted by Gasteiger charge is 2.20. The minimum atomic E-state index is -0.0884. The topological polar surface area (TPSA) is 52.7 Å². The number of carbonyl (C=O) groups excluding carboxylic acids is 2. The maximum absolute atomic E-state index is 12.7. The van der Waals surface area contributed by atoms with Crippen LogP contribution in [0.15, 0.2) is 54.6 Å². The minimum absolute atomic E-state index is 0.0735. The standard InChI is InChI=1S/C22H27N3O2/c1-24(2)16-20(18-7-4-3-5-8-18)23-22(27)19-12-10-17(11-13-19)15-25-14-6-9-21(25)26/h3-5,7-8,10-13,20H,6,9,14-16H2,1-2H3,(H,23,27)/t20-/m1/s1. The first-order chi connectivity index (χ1) is 13.0. The zero-order valence-corrected chi connectivity index (χ0v) is 16.0. The van der Waals surface area contributed by atoms with Crippen LogP contribution in [-0.2, 0) is 11.3 Å². The Morgan fingerprint density at radius 3 is 2.41 bits per heavy atom. The van der Waals surface area contributed by atoms with Gasteiger partial charge in [0.05, 0.1) is 6.04 Å². The van der Waals surface area contributed by atoms with Gasteiger partial charge in [-0.1, -0.05) is 42.5 Å². The second-order valence-corrected chi connectivity index (χ2v) is 7.31. The monoisotopic (exact) mass is 365 g/mol. The minimum Gasteiger partial charge on any atom is -0.344 e. The van der Waals surface area contributed by atoms with E-state index in [1.807, 2.05) is 73.6 Å². The molecule has 5 heteroatoms. The molecule has 0 aliphatic carbocycles. The van der Waals surface area contributed by atoms with Crippen molar-refractivity contribution >= 4 is 11.8 Å². The molecule has 2 aromatic rings. The van der Waals surface area contributed by atoms with Gasteiger partial charge in [0.2, 0.25) is 5.91 Å². The highest BCUT2D eigenvalue weighted by molar-refractivity contribution is 5.94. The smallest absolute Gasteiger partial charge is 0.251 e. The second kappa shape index (κ2) is 8.82. The van der Waals surface area contributed by atoms with Gasteiger partial charge < -0.3 is 15.1 Å². The molecule has 1 aliphatic heterocycles. The number of amides is 2. The van der Waals surface area contributed by atoms with Gasteiger partial charge >= 0.3 is 0 Å². The Bertz CT molecular complexity index is 772. The van der Waals surface area contributed by atoms with E-state index in [9.17, 15) is 9.59 Å². The largest absolute Gasteiger partial charge is 0.344 e. The lowest BCUT2D eigenvalue weighted by Crippen LogP contribution is -2.35. The number of likely N-dealkylation sites (tertiary alicyclic amines) is 1. The molecule has 1 fully saturated rings. The maximum atomic E-state index is 12.7. The van der Waals surface area contributed by atoms with Crippen LogP contribution in [0.2, 0.25) is 0 Å². The summed E-state index contributed by atoms with van der Waals surface area (Å²) in [4.78, 5) is 28.4. The molecule has 5 nitrogen and oxygen atoms in total. The van der Waals surface area contributed by atoms with E-state index < -0.39 is 0 Å². The molecule has 1 N–H and O–H groups in total. The molecule has 1 atom stereocenters. The van der Waals surface area contributed by atoms with Gasteiger partial charge in [-0.05, 0) is 43.8 Å². The summed E-state index contributed by atoms with van der Waals surface area (Å²) in [7, 11) is 3.99. The van der Waals surface area contributed by atoms with Crippen LogP contribution < -0.4 is 5.32 Å². The van der Waals surface area contributed by atoms with Gasteiger partial charge in [-0.25, -0.2) is 0 Å². The van der Waals surface area contributed by atoms with Gasteiger partial charge in [0.15, 0.2) is 0 Å². The lowest BCUT2D eigenvalue weighted by molar-refractivity contribution is -0.128. The highest BCUT2D eigenvalue weighted by Crippen LogP contribution is 2.17. The first kappa shape index (κ1) is 19.1. The lowest BCUT2D eigenvalue weighted by Gasteiger charge is -2.23. The third kappa shape index (κ3) is 5.17. The first-order valence-electron chi connectivity index (χ1n) is 9.40. The molecule has 0 bridgehead atoms. The van der Waals surface area contributed by atoms with Gasteiger partial charge in [-0.3, -0.25) is 9.59 Å². The van der Waals surface area contributed by atoms with Crippen molar-refractivity contribution in [2.45, 2.75) is 25.4 Å². The van der Waals surface area contributed by atoms with E-state index >= 15 is 0 Å². The molecule has 1 aliphatic rings. The van der Waals surface area contributed by atoms with Crippen molar-refractivity contribution in [3.05, 3.63) is 71.3 Å². The van der Waals surface area contributed by atoms with E-state index in [1.165, 1.54) is 0 Å². The van der Waals surface area contributed by atoms with Crippen LogP contribution in [0.3, 0.4) is 0 Å². The van der Waals surface area contributed by atoms with Crippen LogP contribution in [-0.4, -0.2) is 48.8 Å². The van der Waals surface area contributed by atoms with Crippen molar-refractivity contribution in [2.24, 2.45) is 0 Å². The molecular formula is C22H27N3O2. The summed E-state index contributed by atoms with van der Waals surface area (Å²) in [6, 6.07) is 17.5. The van der Waals surface area contributed by atoms with Gasteiger partial charge in [-0.15, -0.1) is 0 Å². The Morgan fingerprint density at radius 2 is 1.81 bits per heavy atom. The van der Waals surface area contributed by atoms with Crippen LogP contribution in [0, 0.1) is 0 Å². The molecule has 2 amide bonds. The number of nitrogens with one attached hydrogen (secondary N) is 1. The van der Waals surface area contributed by atoms with Crippen molar-refractivity contribution in [1.82, 2.24) is 15.1 Å². The maximum Gasteiger partial charge on any atom is 0.251 e. The lowest BCUT2D eigenvalue weighted by atomic mass is 10.1. The fraction of sp³-hybridized carbons (Fsp3) is 0.364. The summed E-state index contributed by atoms with van der Waals surface area (Å²) >= 11 is 0. The van der Waals surface area contributed by atoms with Crippen molar-refractivity contribution in [3.8, 4) is 0 Å². The van der Waals surface area contributed by atoms with E-state index in [0.29, 0.717) is 18.5 Å². The highest BCUT2D eigenvalue weighted by atomic mass is 16.2. The van der Waals surface area contributed by atoms with E-state index in [2.05, 4.69) is 10.2 Å². The Labute approximate surface area is 161 Å². The average molecular weight is 365 g/mol. The number of rotatable bonds is 7. The number of hydrogen-bond acceptors (Lipinski definition) is 3. The summed E-state index contributed by atoms with van der Waals surface area (Å²) in [6.45, 7) is 2.17.